The average molecular weight is 332 g/mol. The molecule has 0 spiro atoms. The SMILES string of the molecule is O=S(=O)(Nc1cccc(CO)c1)c1cc(Cl)ccc1Cl. The molecule has 0 fully saturated rings. The third-order valence-electron chi connectivity index (χ3n) is 2.54. The molecule has 0 heterocycles. The van der Waals surface area contributed by atoms with E-state index in [-0.39, 0.29) is 21.5 Å². The van der Waals surface area contributed by atoms with Crippen LogP contribution in [0.3, 0.4) is 0 Å². The van der Waals surface area contributed by atoms with Gasteiger partial charge < -0.3 is 5.11 Å². The molecular weight excluding hydrogens is 321 g/mol. The molecule has 0 amide bonds. The molecule has 0 saturated heterocycles. The summed E-state index contributed by atoms with van der Waals surface area (Å²) in [6.07, 6.45) is 0. The number of aliphatic hydroxyl groups excluding tert-OH is 1. The quantitative estimate of drug-likeness (QED) is 0.903. The molecule has 0 aliphatic carbocycles. The van der Waals surface area contributed by atoms with E-state index in [0.29, 0.717) is 11.3 Å². The molecule has 2 aromatic rings. The number of hydrogen-bond acceptors (Lipinski definition) is 3. The minimum absolute atomic E-state index is 0.0835. The molecule has 2 N–H and O–H groups in total. The summed E-state index contributed by atoms with van der Waals surface area (Å²) in [7, 11) is -3.84. The Hall–Kier alpha value is -1.27. The first-order valence-electron chi connectivity index (χ1n) is 5.60. The summed E-state index contributed by atoms with van der Waals surface area (Å²) in [6.45, 7) is -0.173. The van der Waals surface area contributed by atoms with Crippen LogP contribution in [0, 0.1) is 0 Å². The van der Waals surface area contributed by atoms with E-state index in [1.165, 1.54) is 24.3 Å². The highest BCUT2D eigenvalue weighted by molar-refractivity contribution is 7.92. The number of sulfonamides is 1. The number of halogens is 2. The van der Waals surface area contributed by atoms with Gasteiger partial charge in [0.2, 0.25) is 0 Å². The highest BCUT2D eigenvalue weighted by Crippen LogP contribution is 2.27. The third kappa shape index (κ3) is 3.43. The lowest BCUT2D eigenvalue weighted by molar-refractivity contribution is 0.282. The lowest BCUT2D eigenvalue weighted by Crippen LogP contribution is -2.13. The van der Waals surface area contributed by atoms with Crippen molar-refractivity contribution in [1.82, 2.24) is 0 Å². The van der Waals surface area contributed by atoms with E-state index in [4.69, 9.17) is 28.3 Å². The van der Waals surface area contributed by atoms with Crippen LogP contribution >= 0.6 is 23.2 Å². The molecule has 0 atom stereocenters. The standard InChI is InChI=1S/C13H11Cl2NO3S/c14-10-4-5-12(15)13(7-10)20(18,19)16-11-3-1-2-9(6-11)8-17/h1-7,16-17H,8H2. The van der Waals surface area contributed by atoms with Gasteiger partial charge in [0.1, 0.15) is 4.90 Å². The average Bonchev–Trinajstić information content (AvgIpc) is 2.41. The number of rotatable bonds is 4. The van der Waals surface area contributed by atoms with Crippen LogP contribution in [0.5, 0.6) is 0 Å². The second-order valence-electron chi connectivity index (χ2n) is 4.04. The summed E-state index contributed by atoms with van der Waals surface area (Å²) in [5, 5.41) is 9.40. The zero-order valence-electron chi connectivity index (χ0n) is 10.2. The second kappa shape index (κ2) is 6.01. The van der Waals surface area contributed by atoms with Crippen LogP contribution in [-0.2, 0) is 16.6 Å². The zero-order valence-corrected chi connectivity index (χ0v) is 12.5. The van der Waals surface area contributed by atoms with E-state index in [1.54, 1.807) is 18.2 Å². The lowest BCUT2D eigenvalue weighted by atomic mass is 10.2. The Morgan fingerprint density at radius 3 is 2.55 bits per heavy atom. The number of benzene rings is 2. The maximum atomic E-state index is 12.3. The third-order valence-corrected chi connectivity index (χ3v) is 4.64. The molecule has 4 nitrogen and oxygen atoms in total. The Kier molecular flexibility index (Phi) is 4.55. The van der Waals surface area contributed by atoms with Gasteiger partial charge in [0.25, 0.3) is 10.0 Å². The van der Waals surface area contributed by atoms with Gasteiger partial charge in [0.05, 0.1) is 11.6 Å². The van der Waals surface area contributed by atoms with Crippen LogP contribution in [0.1, 0.15) is 5.56 Å². The molecule has 0 aliphatic rings. The molecule has 20 heavy (non-hydrogen) atoms. The van der Waals surface area contributed by atoms with Crippen LogP contribution < -0.4 is 4.72 Å². The summed E-state index contributed by atoms with van der Waals surface area (Å²) >= 11 is 11.7. The van der Waals surface area contributed by atoms with Crippen molar-refractivity contribution < 1.29 is 13.5 Å². The first kappa shape index (κ1) is 15.1. The highest BCUT2D eigenvalue weighted by Gasteiger charge is 2.18. The fourth-order valence-electron chi connectivity index (χ4n) is 1.63. The van der Waals surface area contributed by atoms with Crippen molar-refractivity contribution >= 4 is 38.9 Å². The van der Waals surface area contributed by atoms with Gasteiger partial charge in [0, 0.05) is 10.7 Å². The Balaban J connectivity index is 2.38. The van der Waals surface area contributed by atoms with E-state index in [9.17, 15) is 8.42 Å². The molecule has 106 valence electrons. The normalized spacial score (nSPS) is 11.3. The fraction of sp³-hybridized carbons (Fsp3) is 0.0769. The van der Waals surface area contributed by atoms with Gasteiger partial charge in [-0.3, -0.25) is 4.72 Å². The predicted octanol–water partition coefficient (Wildman–Crippen LogP) is 3.29. The van der Waals surface area contributed by atoms with Crippen LogP contribution in [0.2, 0.25) is 10.0 Å². The maximum absolute atomic E-state index is 12.3. The Bertz CT molecular complexity index is 732. The van der Waals surface area contributed by atoms with E-state index in [0.717, 1.165) is 0 Å². The zero-order chi connectivity index (χ0) is 14.8. The summed E-state index contributed by atoms with van der Waals surface area (Å²) in [5.74, 6) is 0. The van der Waals surface area contributed by atoms with E-state index >= 15 is 0 Å². The number of nitrogens with one attached hydrogen (secondary N) is 1. The maximum Gasteiger partial charge on any atom is 0.263 e. The summed E-state index contributed by atoms with van der Waals surface area (Å²) in [6, 6.07) is 10.7. The number of anilines is 1. The van der Waals surface area contributed by atoms with Crippen LogP contribution in [0.15, 0.2) is 47.4 Å². The molecule has 2 aromatic carbocycles. The van der Waals surface area contributed by atoms with E-state index < -0.39 is 10.0 Å². The van der Waals surface area contributed by atoms with Crippen LogP contribution in [0.4, 0.5) is 5.69 Å². The predicted molar refractivity (Wildman–Crippen MR) is 79.6 cm³/mol. The van der Waals surface area contributed by atoms with Crippen molar-refractivity contribution in [2.75, 3.05) is 4.72 Å². The van der Waals surface area contributed by atoms with Crippen molar-refractivity contribution in [3.63, 3.8) is 0 Å². The van der Waals surface area contributed by atoms with Crippen LogP contribution in [-0.4, -0.2) is 13.5 Å². The molecule has 0 unspecified atom stereocenters. The Morgan fingerprint density at radius 1 is 1.10 bits per heavy atom. The summed E-state index contributed by atoms with van der Waals surface area (Å²) < 4.78 is 26.9. The van der Waals surface area contributed by atoms with Gasteiger partial charge >= 0.3 is 0 Å². The van der Waals surface area contributed by atoms with Gasteiger partial charge in [0.15, 0.2) is 0 Å². The largest absolute Gasteiger partial charge is 0.392 e. The van der Waals surface area contributed by atoms with Gasteiger partial charge in [-0.25, -0.2) is 8.42 Å². The minimum Gasteiger partial charge on any atom is -0.392 e. The number of aliphatic hydroxyl groups is 1. The summed E-state index contributed by atoms with van der Waals surface area (Å²) in [4.78, 5) is -0.0962. The summed E-state index contributed by atoms with van der Waals surface area (Å²) in [5.41, 5.74) is 0.940. The van der Waals surface area contributed by atoms with Gasteiger partial charge in [-0.2, -0.15) is 0 Å². The second-order valence-corrected chi connectivity index (χ2v) is 6.53. The Morgan fingerprint density at radius 2 is 1.85 bits per heavy atom. The van der Waals surface area contributed by atoms with Crippen molar-refractivity contribution in [2.45, 2.75) is 11.5 Å². The van der Waals surface area contributed by atoms with Gasteiger partial charge in [-0.05, 0) is 35.9 Å². The van der Waals surface area contributed by atoms with E-state index in [1.807, 2.05) is 0 Å². The topological polar surface area (TPSA) is 66.4 Å². The molecule has 2 rings (SSSR count). The molecule has 0 bridgehead atoms. The van der Waals surface area contributed by atoms with Gasteiger partial charge in [-0.1, -0.05) is 35.3 Å². The van der Waals surface area contributed by atoms with Crippen molar-refractivity contribution in [3.8, 4) is 0 Å². The van der Waals surface area contributed by atoms with Crippen molar-refractivity contribution in [2.24, 2.45) is 0 Å². The highest BCUT2D eigenvalue weighted by atomic mass is 35.5. The molecular formula is C13H11Cl2NO3S. The Labute approximate surface area is 127 Å². The van der Waals surface area contributed by atoms with E-state index in [2.05, 4.69) is 4.72 Å². The monoisotopic (exact) mass is 331 g/mol. The first-order chi connectivity index (χ1) is 9.42. The van der Waals surface area contributed by atoms with Crippen molar-refractivity contribution in [3.05, 3.63) is 58.1 Å². The molecule has 7 heteroatoms. The van der Waals surface area contributed by atoms with Gasteiger partial charge in [-0.15, -0.1) is 0 Å². The smallest absolute Gasteiger partial charge is 0.263 e. The minimum atomic E-state index is -3.84. The van der Waals surface area contributed by atoms with Crippen LogP contribution in [0.25, 0.3) is 0 Å². The number of hydrogen-bond donors (Lipinski definition) is 2. The van der Waals surface area contributed by atoms with Crippen molar-refractivity contribution in [1.29, 1.82) is 0 Å². The molecule has 0 saturated carbocycles. The molecule has 0 aliphatic heterocycles. The fourth-order valence-corrected chi connectivity index (χ4v) is 3.44. The lowest BCUT2D eigenvalue weighted by Gasteiger charge is -2.10. The molecule has 0 radical (unpaired) electrons. The molecule has 0 aromatic heterocycles. The first-order valence-corrected chi connectivity index (χ1v) is 7.84.